The van der Waals surface area contributed by atoms with Gasteiger partial charge in [0.05, 0.1) is 29.1 Å². The van der Waals surface area contributed by atoms with Gasteiger partial charge in [0.15, 0.2) is 5.78 Å². The predicted molar refractivity (Wildman–Crippen MR) is 142 cm³/mol. The summed E-state index contributed by atoms with van der Waals surface area (Å²) in [7, 11) is 0. The Morgan fingerprint density at radius 1 is 0.897 bits per heavy atom. The molecule has 2 aromatic rings. The molecule has 2 aromatic heterocycles. The molecule has 7 rings (SSSR count). The molecule has 5 aliphatic rings. The number of ketones is 1. The first-order valence-electron chi connectivity index (χ1n) is 14.9. The van der Waals surface area contributed by atoms with Crippen molar-refractivity contribution in [3.05, 3.63) is 35.9 Å². The lowest BCUT2D eigenvalue weighted by Crippen LogP contribution is -2.58. The Kier molecular flexibility index (Phi) is 5.46. The number of rotatable bonds is 4. The number of aromatic nitrogens is 4. The van der Waals surface area contributed by atoms with E-state index in [0.29, 0.717) is 46.1 Å². The summed E-state index contributed by atoms with van der Waals surface area (Å²) in [6, 6.07) is 4.23. The second-order valence-corrected chi connectivity index (χ2v) is 13.9. The summed E-state index contributed by atoms with van der Waals surface area (Å²) in [6.45, 7) is 4.90. The smallest absolute Gasteiger partial charge is 0.201 e. The molecule has 5 aliphatic carbocycles. The van der Waals surface area contributed by atoms with Crippen LogP contribution < -0.4 is 0 Å². The van der Waals surface area contributed by atoms with Crippen molar-refractivity contribution in [1.82, 2.24) is 19.6 Å². The number of nitriles is 2. The molecule has 1 unspecified atom stereocenters. The second-order valence-electron chi connectivity index (χ2n) is 13.9. The molecule has 0 aliphatic heterocycles. The van der Waals surface area contributed by atoms with Crippen molar-refractivity contribution >= 4 is 5.78 Å². The van der Waals surface area contributed by atoms with Crippen molar-refractivity contribution in [2.45, 2.75) is 89.8 Å². The Bertz CT molecular complexity index is 1350. The molecular weight excluding hydrogens is 488 g/mol. The molecule has 9 atom stereocenters. The predicted octanol–water partition coefficient (Wildman–Crippen LogP) is 4.85. The van der Waals surface area contributed by atoms with Gasteiger partial charge in [0, 0.05) is 18.3 Å². The standard InChI is InChI=1S/C31H38N6O2/c1-29-9-8-23-21(6-7-24-26-12-31(26,39)11-10-30(23,24)2)22(29)4-3-5-25(29)27(38)28(36-17-19(13-32)15-34-36)37-18-20(14-33)16-35-37/h15-18,21-26,28,39H,3-12H2,1-2H3/t21-,22-,23-,24-,25+,26?,29-,30+,31-/m0/s1. The van der Waals surface area contributed by atoms with Crippen LogP contribution in [0.25, 0.3) is 0 Å². The zero-order chi connectivity index (χ0) is 27.2. The second kappa shape index (κ2) is 8.51. The number of carbonyl (C=O) groups excluding carboxylic acids is 1. The normalized spacial score (nSPS) is 42.3. The molecule has 204 valence electrons. The number of hydrogen-bond donors (Lipinski definition) is 1. The molecule has 0 spiro atoms. The largest absolute Gasteiger partial charge is 0.390 e. The highest BCUT2D eigenvalue weighted by atomic mass is 16.3. The molecule has 0 bridgehead atoms. The molecule has 2 heterocycles. The maximum atomic E-state index is 14.6. The molecule has 1 N–H and O–H groups in total. The van der Waals surface area contributed by atoms with Gasteiger partial charge in [-0.25, -0.2) is 9.36 Å². The van der Waals surface area contributed by atoms with E-state index in [1.54, 1.807) is 21.8 Å². The van der Waals surface area contributed by atoms with Gasteiger partial charge in [-0.2, -0.15) is 20.7 Å². The maximum absolute atomic E-state index is 14.6. The highest BCUT2D eigenvalue weighted by Crippen LogP contribution is 2.72. The molecule has 0 aromatic carbocycles. The number of nitrogens with zero attached hydrogens (tertiary/aromatic N) is 6. The van der Waals surface area contributed by atoms with E-state index in [2.05, 4.69) is 36.2 Å². The Morgan fingerprint density at radius 2 is 1.56 bits per heavy atom. The van der Waals surface area contributed by atoms with E-state index >= 15 is 0 Å². The number of carbonyl (C=O) groups is 1. The molecule has 5 saturated carbocycles. The Labute approximate surface area is 230 Å². The fourth-order valence-corrected chi connectivity index (χ4v) is 10.4. The third kappa shape index (κ3) is 3.53. The fourth-order valence-electron chi connectivity index (χ4n) is 10.4. The van der Waals surface area contributed by atoms with Gasteiger partial charge in [-0.05, 0) is 98.2 Å². The average Bonchev–Trinajstić information content (AvgIpc) is 3.25. The Balaban J connectivity index is 1.21. The highest BCUT2D eigenvalue weighted by molar-refractivity contribution is 5.85. The van der Waals surface area contributed by atoms with E-state index in [0.717, 1.165) is 44.9 Å². The average molecular weight is 527 g/mol. The summed E-state index contributed by atoms with van der Waals surface area (Å²) in [4.78, 5) is 14.6. The number of Topliss-reactive ketones (excluding diaryl/α,β-unsaturated/α-hetero) is 1. The Hall–Kier alpha value is -2.97. The summed E-state index contributed by atoms with van der Waals surface area (Å²) < 4.78 is 3.11. The van der Waals surface area contributed by atoms with Crippen LogP contribution in [0.3, 0.4) is 0 Å². The van der Waals surface area contributed by atoms with Crippen molar-refractivity contribution in [2.24, 2.45) is 46.3 Å². The van der Waals surface area contributed by atoms with Crippen LogP contribution in [-0.4, -0.2) is 36.1 Å². The summed E-state index contributed by atoms with van der Waals surface area (Å²) >= 11 is 0. The van der Waals surface area contributed by atoms with Crippen LogP contribution >= 0.6 is 0 Å². The minimum absolute atomic E-state index is 0.0847. The molecule has 39 heavy (non-hydrogen) atoms. The van der Waals surface area contributed by atoms with Crippen LogP contribution in [-0.2, 0) is 4.79 Å². The Morgan fingerprint density at radius 3 is 2.21 bits per heavy atom. The summed E-state index contributed by atoms with van der Waals surface area (Å²) in [5.74, 6) is 2.93. The van der Waals surface area contributed by atoms with Crippen LogP contribution in [0, 0.1) is 69.0 Å². The summed E-state index contributed by atoms with van der Waals surface area (Å²) in [5.41, 5.74) is 0.641. The SMILES string of the molecule is C[C@]12CC[C@]3(O)CC3[C@@H]1CC[C@@H]1[C@@H]2CC[C@]2(C)[C@@H](C(=O)C(n3cc(C#N)cn3)n3cc(C#N)cn3)CCC[C@@H]12. The van der Waals surface area contributed by atoms with Crippen LogP contribution in [0.15, 0.2) is 24.8 Å². The molecule has 8 nitrogen and oxygen atoms in total. The van der Waals surface area contributed by atoms with Gasteiger partial charge in [-0.3, -0.25) is 4.79 Å². The first-order chi connectivity index (χ1) is 18.7. The van der Waals surface area contributed by atoms with Gasteiger partial charge >= 0.3 is 0 Å². The van der Waals surface area contributed by atoms with Gasteiger partial charge in [0.2, 0.25) is 6.17 Å². The van der Waals surface area contributed by atoms with E-state index in [1.807, 2.05) is 0 Å². The van der Waals surface area contributed by atoms with Crippen LogP contribution in [0.2, 0.25) is 0 Å². The number of hydrogen-bond acceptors (Lipinski definition) is 6. The lowest BCUT2D eigenvalue weighted by Gasteiger charge is -2.63. The topological polar surface area (TPSA) is 121 Å². The van der Waals surface area contributed by atoms with Gasteiger partial charge < -0.3 is 5.11 Å². The summed E-state index contributed by atoms with van der Waals surface area (Å²) in [6.07, 6.45) is 16.2. The van der Waals surface area contributed by atoms with Crippen LogP contribution in [0.5, 0.6) is 0 Å². The quantitative estimate of drug-likeness (QED) is 0.608. The molecule has 0 radical (unpaired) electrons. The zero-order valence-corrected chi connectivity index (χ0v) is 23.0. The molecule has 0 saturated heterocycles. The van der Waals surface area contributed by atoms with Gasteiger partial charge in [-0.1, -0.05) is 20.3 Å². The third-order valence-corrected chi connectivity index (χ3v) is 12.4. The molecular formula is C31H38N6O2. The van der Waals surface area contributed by atoms with Crippen molar-refractivity contribution in [3.63, 3.8) is 0 Å². The minimum Gasteiger partial charge on any atom is -0.390 e. The first kappa shape index (κ1) is 25.0. The van der Waals surface area contributed by atoms with Crippen molar-refractivity contribution in [3.8, 4) is 12.1 Å². The molecule has 5 fully saturated rings. The van der Waals surface area contributed by atoms with E-state index in [4.69, 9.17) is 0 Å². The van der Waals surface area contributed by atoms with E-state index in [1.165, 1.54) is 31.7 Å². The highest BCUT2D eigenvalue weighted by Gasteiger charge is 2.68. The molecule has 0 amide bonds. The third-order valence-electron chi connectivity index (χ3n) is 12.4. The number of aliphatic hydroxyl groups is 1. The van der Waals surface area contributed by atoms with Crippen molar-refractivity contribution in [2.75, 3.05) is 0 Å². The van der Waals surface area contributed by atoms with E-state index in [9.17, 15) is 20.4 Å². The first-order valence-corrected chi connectivity index (χ1v) is 14.9. The van der Waals surface area contributed by atoms with Crippen LogP contribution in [0.1, 0.15) is 95.3 Å². The van der Waals surface area contributed by atoms with Gasteiger partial charge in [0.1, 0.15) is 12.1 Å². The zero-order valence-electron chi connectivity index (χ0n) is 23.0. The van der Waals surface area contributed by atoms with E-state index in [-0.39, 0.29) is 22.7 Å². The van der Waals surface area contributed by atoms with E-state index < -0.39 is 6.17 Å². The van der Waals surface area contributed by atoms with Gasteiger partial charge in [0.25, 0.3) is 0 Å². The maximum Gasteiger partial charge on any atom is 0.201 e. The lowest BCUT2D eigenvalue weighted by atomic mass is 9.41. The minimum atomic E-state index is -0.813. The van der Waals surface area contributed by atoms with Crippen molar-refractivity contribution in [1.29, 1.82) is 10.5 Å². The molecule has 8 heteroatoms. The lowest BCUT2D eigenvalue weighted by molar-refractivity contribution is -0.163. The van der Waals surface area contributed by atoms with Crippen molar-refractivity contribution < 1.29 is 9.90 Å². The summed E-state index contributed by atoms with van der Waals surface area (Å²) in [5, 5.41) is 38.5. The monoisotopic (exact) mass is 526 g/mol. The van der Waals surface area contributed by atoms with Gasteiger partial charge in [-0.15, -0.1) is 0 Å². The van der Waals surface area contributed by atoms with Crippen LogP contribution in [0.4, 0.5) is 0 Å². The number of fused-ring (bicyclic) bond motifs is 7. The fraction of sp³-hybridized carbons (Fsp3) is 0.710.